The number of aliphatic hydroxyl groups is 1. The van der Waals surface area contributed by atoms with Gasteiger partial charge in [0.15, 0.2) is 5.16 Å². The smallest absolute Gasteiger partial charge is 0.269 e. The second kappa shape index (κ2) is 8.35. The maximum Gasteiger partial charge on any atom is 0.269 e. The van der Waals surface area contributed by atoms with E-state index in [-0.39, 0.29) is 12.3 Å². The van der Waals surface area contributed by atoms with Crippen LogP contribution in [0.2, 0.25) is 5.02 Å². The normalized spacial score (nSPS) is 10.8. The number of hydrogen-bond acceptors (Lipinski definition) is 5. The lowest BCUT2D eigenvalue weighted by Gasteiger charge is -2.08. The predicted molar refractivity (Wildman–Crippen MR) is 101 cm³/mol. The summed E-state index contributed by atoms with van der Waals surface area (Å²) in [6.45, 7) is 0.492. The van der Waals surface area contributed by atoms with E-state index in [1.54, 1.807) is 12.1 Å². The zero-order valence-corrected chi connectivity index (χ0v) is 15.3. The minimum absolute atomic E-state index is 0.0746. The molecule has 134 valence electrons. The van der Waals surface area contributed by atoms with Crippen molar-refractivity contribution in [3.05, 3.63) is 86.7 Å². The standard InChI is InChI=1S/C18H16ClN3O3S/c19-15-5-1-13(2-6-15)9-21-10-16(11-23)20-18(21)26-12-14-3-7-17(8-4-14)22(24)25/h1-8,10,23H,9,11-12H2. The van der Waals surface area contributed by atoms with Crippen molar-refractivity contribution in [2.45, 2.75) is 24.1 Å². The van der Waals surface area contributed by atoms with E-state index < -0.39 is 4.92 Å². The number of aliphatic hydroxyl groups excluding tert-OH is 1. The molecule has 0 aliphatic rings. The zero-order valence-electron chi connectivity index (χ0n) is 13.7. The van der Waals surface area contributed by atoms with Crippen LogP contribution < -0.4 is 0 Å². The fourth-order valence-corrected chi connectivity index (χ4v) is 3.48. The van der Waals surface area contributed by atoms with Crippen LogP contribution in [0.1, 0.15) is 16.8 Å². The molecule has 0 atom stereocenters. The lowest BCUT2D eigenvalue weighted by Crippen LogP contribution is -2.00. The number of aromatic nitrogens is 2. The predicted octanol–water partition coefficient (Wildman–Crippen LogP) is 4.28. The molecule has 0 fully saturated rings. The van der Waals surface area contributed by atoms with Gasteiger partial charge in [-0.2, -0.15) is 0 Å². The monoisotopic (exact) mass is 389 g/mol. The topological polar surface area (TPSA) is 81.2 Å². The van der Waals surface area contributed by atoms with Crippen LogP contribution in [0.5, 0.6) is 0 Å². The van der Waals surface area contributed by atoms with E-state index in [1.165, 1.54) is 23.9 Å². The van der Waals surface area contributed by atoms with Crippen LogP contribution in [0.15, 0.2) is 59.9 Å². The summed E-state index contributed by atoms with van der Waals surface area (Å²) in [5.41, 5.74) is 2.72. The van der Waals surface area contributed by atoms with E-state index in [4.69, 9.17) is 11.6 Å². The number of benzene rings is 2. The molecule has 6 nitrogen and oxygen atoms in total. The minimum atomic E-state index is -0.413. The van der Waals surface area contributed by atoms with Crippen LogP contribution in [-0.4, -0.2) is 19.6 Å². The van der Waals surface area contributed by atoms with Crippen molar-refractivity contribution in [3.63, 3.8) is 0 Å². The Bertz CT molecular complexity index is 895. The van der Waals surface area contributed by atoms with E-state index in [0.29, 0.717) is 23.0 Å². The number of thioether (sulfide) groups is 1. The van der Waals surface area contributed by atoms with E-state index >= 15 is 0 Å². The molecule has 0 radical (unpaired) electrons. The van der Waals surface area contributed by atoms with E-state index in [0.717, 1.165) is 16.3 Å². The molecule has 2 aromatic carbocycles. The minimum Gasteiger partial charge on any atom is -0.390 e. The van der Waals surface area contributed by atoms with Crippen LogP contribution in [0, 0.1) is 10.1 Å². The fraction of sp³-hybridized carbons (Fsp3) is 0.167. The maximum atomic E-state index is 10.7. The molecule has 3 aromatic rings. The van der Waals surface area contributed by atoms with Gasteiger partial charge in [0.25, 0.3) is 5.69 Å². The van der Waals surface area contributed by atoms with Gasteiger partial charge in [-0.1, -0.05) is 47.6 Å². The second-order valence-corrected chi connectivity index (χ2v) is 7.02. The summed E-state index contributed by atoms with van der Waals surface area (Å²) in [5.74, 6) is 0.625. The van der Waals surface area contributed by atoms with Crippen LogP contribution in [0.25, 0.3) is 0 Å². The number of imidazole rings is 1. The fourth-order valence-electron chi connectivity index (χ4n) is 2.40. The van der Waals surface area contributed by atoms with Gasteiger partial charge in [0, 0.05) is 35.6 Å². The molecular formula is C18H16ClN3O3S. The molecule has 1 heterocycles. The molecule has 0 unspecified atom stereocenters. The molecule has 0 spiro atoms. The first-order valence-electron chi connectivity index (χ1n) is 7.82. The average molecular weight is 390 g/mol. The average Bonchev–Trinajstić information content (AvgIpc) is 3.04. The number of nitrogens with zero attached hydrogens (tertiary/aromatic N) is 3. The zero-order chi connectivity index (χ0) is 18.5. The summed E-state index contributed by atoms with van der Waals surface area (Å²) in [7, 11) is 0. The third kappa shape index (κ3) is 4.63. The molecule has 8 heteroatoms. The number of rotatable bonds is 7. The molecule has 0 bridgehead atoms. The van der Waals surface area contributed by atoms with E-state index in [9.17, 15) is 15.2 Å². The Labute approximate surface area is 159 Å². The Kier molecular flexibility index (Phi) is 5.92. The Morgan fingerprint density at radius 1 is 1.12 bits per heavy atom. The van der Waals surface area contributed by atoms with Gasteiger partial charge in [0.2, 0.25) is 0 Å². The van der Waals surface area contributed by atoms with Crippen molar-refractivity contribution in [2.75, 3.05) is 0 Å². The largest absolute Gasteiger partial charge is 0.390 e. The number of hydrogen-bond donors (Lipinski definition) is 1. The number of halogens is 1. The van der Waals surface area contributed by atoms with Gasteiger partial charge in [-0.05, 0) is 23.3 Å². The first-order chi connectivity index (χ1) is 12.5. The molecule has 0 saturated heterocycles. The second-order valence-electron chi connectivity index (χ2n) is 5.64. The van der Waals surface area contributed by atoms with E-state index in [1.807, 2.05) is 35.0 Å². The third-order valence-corrected chi connectivity index (χ3v) is 5.05. The van der Waals surface area contributed by atoms with Crippen LogP contribution in [0.3, 0.4) is 0 Å². The van der Waals surface area contributed by atoms with Crippen LogP contribution >= 0.6 is 23.4 Å². The highest BCUT2D eigenvalue weighted by Gasteiger charge is 2.10. The van der Waals surface area contributed by atoms with Gasteiger partial charge in [-0.15, -0.1) is 0 Å². The van der Waals surface area contributed by atoms with Gasteiger partial charge in [-0.3, -0.25) is 10.1 Å². The van der Waals surface area contributed by atoms with Crippen molar-refractivity contribution in [1.29, 1.82) is 0 Å². The molecule has 1 aromatic heterocycles. The first kappa shape index (κ1) is 18.4. The van der Waals surface area contributed by atoms with E-state index in [2.05, 4.69) is 4.98 Å². The highest BCUT2D eigenvalue weighted by molar-refractivity contribution is 7.98. The van der Waals surface area contributed by atoms with Crippen molar-refractivity contribution in [2.24, 2.45) is 0 Å². The van der Waals surface area contributed by atoms with Gasteiger partial charge < -0.3 is 9.67 Å². The summed E-state index contributed by atoms with van der Waals surface area (Å²) < 4.78 is 1.98. The van der Waals surface area contributed by atoms with Gasteiger partial charge in [0.05, 0.1) is 17.2 Å². The molecule has 0 saturated carbocycles. The van der Waals surface area contributed by atoms with Crippen molar-refractivity contribution in [3.8, 4) is 0 Å². The highest BCUT2D eigenvalue weighted by Crippen LogP contribution is 2.25. The summed E-state index contributed by atoms with van der Waals surface area (Å²) in [4.78, 5) is 14.8. The summed E-state index contributed by atoms with van der Waals surface area (Å²) in [6.07, 6.45) is 1.83. The molecule has 0 amide bonds. The van der Waals surface area contributed by atoms with Crippen LogP contribution in [0.4, 0.5) is 5.69 Å². The quantitative estimate of drug-likeness (QED) is 0.370. The lowest BCUT2D eigenvalue weighted by atomic mass is 10.2. The van der Waals surface area contributed by atoms with Gasteiger partial charge >= 0.3 is 0 Å². The van der Waals surface area contributed by atoms with Crippen molar-refractivity contribution < 1.29 is 10.0 Å². The molecule has 1 N–H and O–H groups in total. The van der Waals surface area contributed by atoms with Crippen molar-refractivity contribution in [1.82, 2.24) is 9.55 Å². The molecular weight excluding hydrogens is 374 g/mol. The summed E-state index contributed by atoms with van der Waals surface area (Å²) in [6, 6.07) is 14.0. The Morgan fingerprint density at radius 3 is 2.38 bits per heavy atom. The molecule has 0 aliphatic carbocycles. The van der Waals surface area contributed by atoms with Gasteiger partial charge in [0.1, 0.15) is 0 Å². The number of nitro groups is 1. The Hall–Kier alpha value is -2.35. The Balaban J connectivity index is 1.73. The van der Waals surface area contributed by atoms with Gasteiger partial charge in [-0.25, -0.2) is 4.98 Å². The van der Waals surface area contributed by atoms with Crippen LogP contribution in [-0.2, 0) is 18.9 Å². The number of non-ortho nitro benzene ring substituents is 1. The highest BCUT2D eigenvalue weighted by atomic mass is 35.5. The molecule has 3 rings (SSSR count). The summed E-state index contributed by atoms with van der Waals surface area (Å²) in [5, 5.41) is 21.6. The summed E-state index contributed by atoms with van der Waals surface area (Å²) >= 11 is 7.44. The lowest BCUT2D eigenvalue weighted by molar-refractivity contribution is -0.384. The first-order valence-corrected chi connectivity index (χ1v) is 9.19. The maximum absolute atomic E-state index is 10.7. The third-order valence-electron chi connectivity index (χ3n) is 3.73. The molecule has 26 heavy (non-hydrogen) atoms. The SMILES string of the molecule is O=[N+]([O-])c1ccc(CSc2nc(CO)cn2Cc2ccc(Cl)cc2)cc1. The Morgan fingerprint density at radius 2 is 1.77 bits per heavy atom. The van der Waals surface area contributed by atoms with Crippen molar-refractivity contribution >= 4 is 29.1 Å². The number of nitro benzene ring substituents is 1. The molecule has 0 aliphatic heterocycles.